The van der Waals surface area contributed by atoms with Crippen LogP contribution >= 0.6 is 11.3 Å². The molecule has 1 aliphatic rings. The van der Waals surface area contributed by atoms with Gasteiger partial charge in [0.25, 0.3) is 0 Å². The number of likely N-dealkylation sites (tertiary alicyclic amines) is 1. The molecule has 7 nitrogen and oxygen atoms in total. The minimum Gasteiger partial charge on any atom is -0.477 e. The fraction of sp³-hybridized carbons (Fsp3) is 0.571. The number of rotatable bonds is 5. The normalized spacial score (nSPS) is 19.2. The van der Waals surface area contributed by atoms with E-state index < -0.39 is 42.5 Å². The summed E-state index contributed by atoms with van der Waals surface area (Å²) in [5.74, 6) is -3.28. The summed E-state index contributed by atoms with van der Waals surface area (Å²) in [5, 5.41) is 12.0. The molecule has 0 aromatic carbocycles. The monoisotopic (exact) mass is 379 g/mol. The van der Waals surface area contributed by atoms with Gasteiger partial charge in [0, 0.05) is 13.0 Å². The van der Waals surface area contributed by atoms with Gasteiger partial charge >= 0.3 is 12.1 Å². The number of aryl methyl sites for hydroxylation is 1. The van der Waals surface area contributed by atoms with Gasteiger partial charge in [0.2, 0.25) is 11.8 Å². The molecule has 0 saturated carbocycles. The molecule has 2 heterocycles. The summed E-state index contributed by atoms with van der Waals surface area (Å²) in [6.07, 6.45) is -4.80. The van der Waals surface area contributed by atoms with E-state index in [0.29, 0.717) is 15.6 Å². The summed E-state index contributed by atoms with van der Waals surface area (Å²) >= 11 is 0.918. The van der Waals surface area contributed by atoms with Gasteiger partial charge in [-0.3, -0.25) is 9.59 Å². The van der Waals surface area contributed by atoms with Gasteiger partial charge in [-0.05, 0) is 13.8 Å². The summed E-state index contributed by atoms with van der Waals surface area (Å²) in [7, 11) is 0. The van der Waals surface area contributed by atoms with Crippen molar-refractivity contribution in [3.8, 4) is 0 Å². The molecule has 1 aromatic heterocycles. The van der Waals surface area contributed by atoms with Crippen molar-refractivity contribution in [1.82, 2.24) is 15.2 Å². The van der Waals surface area contributed by atoms with E-state index in [4.69, 9.17) is 5.11 Å². The lowest BCUT2D eigenvalue weighted by Gasteiger charge is -2.19. The number of carbonyl (C=O) groups is 3. The number of nitrogens with one attached hydrogen (secondary N) is 1. The first-order chi connectivity index (χ1) is 11.5. The van der Waals surface area contributed by atoms with E-state index in [1.165, 1.54) is 6.92 Å². The highest BCUT2D eigenvalue weighted by Crippen LogP contribution is 2.26. The highest BCUT2D eigenvalue weighted by Gasteiger charge is 2.40. The minimum absolute atomic E-state index is 0.0588. The molecule has 1 saturated heterocycles. The number of amides is 2. The Morgan fingerprint density at radius 3 is 2.64 bits per heavy atom. The third kappa shape index (κ3) is 4.68. The zero-order valence-electron chi connectivity index (χ0n) is 13.4. The highest BCUT2D eigenvalue weighted by atomic mass is 32.1. The molecule has 2 amide bonds. The number of nitrogens with zero attached hydrogens (tertiary/aromatic N) is 2. The van der Waals surface area contributed by atoms with Crippen molar-refractivity contribution in [2.45, 2.75) is 32.5 Å². The van der Waals surface area contributed by atoms with Crippen LogP contribution in [0.5, 0.6) is 0 Å². The van der Waals surface area contributed by atoms with Crippen molar-refractivity contribution in [3.63, 3.8) is 0 Å². The molecule has 2 rings (SSSR count). The second-order valence-corrected chi connectivity index (χ2v) is 6.82. The molecule has 0 aliphatic carbocycles. The van der Waals surface area contributed by atoms with E-state index in [9.17, 15) is 27.6 Å². The average Bonchev–Trinajstić information content (AvgIpc) is 3.01. The molecule has 2 unspecified atom stereocenters. The molecular formula is C14H16F3N3O4S. The van der Waals surface area contributed by atoms with E-state index in [2.05, 4.69) is 10.3 Å². The lowest BCUT2D eigenvalue weighted by atomic mass is 10.1. The maximum atomic E-state index is 12.4. The van der Waals surface area contributed by atoms with E-state index >= 15 is 0 Å². The van der Waals surface area contributed by atoms with Crippen LogP contribution in [-0.4, -0.2) is 52.0 Å². The fourth-order valence-electron chi connectivity index (χ4n) is 2.51. The summed E-state index contributed by atoms with van der Waals surface area (Å²) in [5.41, 5.74) is 0.320. The van der Waals surface area contributed by atoms with Gasteiger partial charge in [-0.15, -0.1) is 11.3 Å². The van der Waals surface area contributed by atoms with Crippen LogP contribution in [0.2, 0.25) is 0 Å². The third-order valence-corrected chi connectivity index (χ3v) is 5.02. The predicted octanol–water partition coefficient (Wildman–Crippen LogP) is 1.74. The zero-order chi connectivity index (χ0) is 18.9. The van der Waals surface area contributed by atoms with Gasteiger partial charge in [0.05, 0.1) is 17.7 Å². The number of aromatic carboxylic acids is 1. The lowest BCUT2D eigenvalue weighted by Crippen LogP contribution is -2.37. The molecular weight excluding hydrogens is 363 g/mol. The van der Waals surface area contributed by atoms with Crippen molar-refractivity contribution in [3.05, 3.63) is 15.6 Å². The molecule has 2 atom stereocenters. The van der Waals surface area contributed by atoms with E-state index in [1.807, 2.05) is 0 Å². The van der Waals surface area contributed by atoms with Crippen LogP contribution in [0, 0.1) is 12.8 Å². The smallest absolute Gasteiger partial charge is 0.406 e. The largest absolute Gasteiger partial charge is 0.477 e. The summed E-state index contributed by atoms with van der Waals surface area (Å²) < 4.78 is 37.2. The van der Waals surface area contributed by atoms with Gasteiger partial charge in [-0.25, -0.2) is 9.78 Å². The minimum atomic E-state index is -4.51. The topological polar surface area (TPSA) is 99.6 Å². The number of carboxylic acid groups (broad SMARTS) is 1. The first-order valence-corrected chi connectivity index (χ1v) is 8.15. The van der Waals surface area contributed by atoms with Crippen LogP contribution in [-0.2, 0) is 9.59 Å². The Labute approximate surface area is 144 Å². The number of hydrogen-bond donors (Lipinski definition) is 2. The van der Waals surface area contributed by atoms with Gasteiger partial charge < -0.3 is 15.3 Å². The van der Waals surface area contributed by atoms with Crippen molar-refractivity contribution in [2.24, 2.45) is 5.92 Å². The van der Waals surface area contributed by atoms with E-state index in [-0.39, 0.29) is 17.8 Å². The fourth-order valence-corrected chi connectivity index (χ4v) is 3.42. The summed E-state index contributed by atoms with van der Waals surface area (Å²) in [6, 6.07) is -0.615. The van der Waals surface area contributed by atoms with Crippen LogP contribution in [0.3, 0.4) is 0 Å². The quantitative estimate of drug-likeness (QED) is 0.812. The Kier molecular flexibility index (Phi) is 5.35. The van der Waals surface area contributed by atoms with Gasteiger partial charge in [-0.1, -0.05) is 0 Å². The Hall–Kier alpha value is -2.17. The third-order valence-electron chi connectivity index (χ3n) is 3.69. The average molecular weight is 379 g/mol. The molecule has 11 heteroatoms. The molecule has 0 spiro atoms. The van der Waals surface area contributed by atoms with E-state index in [1.54, 1.807) is 6.92 Å². The first kappa shape index (κ1) is 19.2. The number of aromatic nitrogens is 1. The second-order valence-electron chi connectivity index (χ2n) is 5.79. The van der Waals surface area contributed by atoms with Crippen LogP contribution in [0.25, 0.3) is 0 Å². The van der Waals surface area contributed by atoms with Gasteiger partial charge in [-0.2, -0.15) is 13.2 Å². The second kappa shape index (κ2) is 6.98. The van der Waals surface area contributed by atoms with Crippen molar-refractivity contribution in [1.29, 1.82) is 0 Å². The molecule has 1 aliphatic heterocycles. The van der Waals surface area contributed by atoms with Crippen molar-refractivity contribution in [2.75, 3.05) is 13.1 Å². The zero-order valence-corrected chi connectivity index (χ0v) is 14.2. The number of alkyl halides is 3. The Morgan fingerprint density at radius 2 is 2.12 bits per heavy atom. The molecule has 0 radical (unpaired) electrons. The SMILES string of the molecule is Cc1nc(C(C)NC(=O)C2CC(=O)N(CC(F)(F)F)C2)sc1C(=O)O. The summed E-state index contributed by atoms with van der Waals surface area (Å²) in [4.78, 5) is 39.6. The number of carboxylic acids is 1. The number of carbonyl (C=O) groups excluding carboxylic acids is 2. The molecule has 1 aromatic rings. The standard InChI is InChI=1S/C14H16F3N3O4S/c1-6-10(13(23)24)25-12(19-6)7(2)18-11(22)8-3-9(21)20(4-8)5-14(15,16)17/h7-8H,3-5H2,1-2H3,(H,18,22)(H,23,24). The number of hydrogen-bond acceptors (Lipinski definition) is 5. The first-order valence-electron chi connectivity index (χ1n) is 7.33. The van der Waals surface area contributed by atoms with Crippen LogP contribution in [0.1, 0.15) is 39.8 Å². The molecule has 0 bridgehead atoms. The molecule has 2 N–H and O–H groups in total. The van der Waals surface area contributed by atoms with Crippen LogP contribution < -0.4 is 5.32 Å². The molecule has 138 valence electrons. The molecule has 25 heavy (non-hydrogen) atoms. The van der Waals surface area contributed by atoms with Gasteiger partial charge in [0.1, 0.15) is 16.4 Å². The summed E-state index contributed by atoms with van der Waals surface area (Å²) in [6.45, 7) is 1.45. The highest BCUT2D eigenvalue weighted by molar-refractivity contribution is 7.13. The van der Waals surface area contributed by atoms with E-state index in [0.717, 1.165) is 11.3 Å². The lowest BCUT2D eigenvalue weighted by molar-refractivity contribution is -0.157. The Morgan fingerprint density at radius 1 is 1.48 bits per heavy atom. The number of halogens is 3. The maximum absolute atomic E-state index is 12.4. The number of thiazole rings is 1. The van der Waals surface area contributed by atoms with Gasteiger partial charge in [0.15, 0.2) is 0 Å². The maximum Gasteiger partial charge on any atom is 0.406 e. The van der Waals surface area contributed by atoms with Crippen LogP contribution in [0.15, 0.2) is 0 Å². The Bertz CT molecular complexity index is 704. The molecule has 1 fully saturated rings. The van der Waals surface area contributed by atoms with Crippen LogP contribution in [0.4, 0.5) is 13.2 Å². The van der Waals surface area contributed by atoms with Crippen molar-refractivity contribution >= 4 is 29.1 Å². The Balaban J connectivity index is 1.99. The predicted molar refractivity (Wildman–Crippen MR) is 81.1 cm³/mol. The van der Waals surface area contributed by atoms with Crippen molar-refractivity contribution < 1.29 is 32.7 Å².